The predicted octanol–water partition coefficient (Wildman–Crippen LogP) is 0.549. The third-order valence-corrected chi connectivity index (χ3v) is 2.02. The normalized spacial score (nSPS) is 10.8. The second-order valence-electron chi connectivity index (χ2n) is 3.22. The van der Waals surface area contributed by atoms with E-state index in [9.17, 15) is 4.79 Å². The van der Waals surface area contributed by atoms with Gasteiger partial charge in [-0.2, -0.15) is 0 Å². The second-order valence-corrected chi connectivity index (χ2v) is 3.22. The van der Waals surface area contributed by atoms with Crippen LogP contribution in [0.4, 0.5) is 0 Å². The topological polar surface area (TPSA) is 73.9 Å². The lowest BCUT2D eigenvalue weighted by Crippen LogP contribution is -2.28. The highest BCUT2D eigenvalue weighted by Crippen LogP contribution is 2.05. The molecule has 0 spiro atoms. The van der Waals surface area contributed by atoms with Gasteiger partial charge in [-0.1, -0.05) is 0 Å². The number of hydrogen-bond acceptors (Lipinski definition) is 4. The molecule has 0 saturated heterocycles. The Kier molecular flexibility index (Phi) is 4.86. The summed E-state index contributed by atoms with van der Waals surface area (Å²) >= 11 is 0. The molecule has 5 heteroatoms. The van der Waals surface area contributed by atoms with E-state index in [0.29, 0.717) is 19.6 Å². The maximum atomic E-state index is 10.4. The highest BCUT2D eigenvalue weighted by Gasteiger charge is 2.08. The van der Waals surface area contributed by atoms with Crippen LogP contribution in [0.1, 0.15) is 12.2 Å². The summed E-state index contributed by atoms with van der Waals surface area (Å²) in [5.41, 5.74) is 0. The highest BCUT2D eigenvalue weighted by atomic mass is 16.4. The van der Waals surface area contributed by atoms with Crippen molar-refractivity contribution in [2.75, 3.05) is 19.7 Å². The van der Waals surface area contributed by atoms with Crippen molar-refractivity contribution in [1.82, 2.24) is 4.90 Å². The number of carboxylic acid groups (broad SMARTS) is 1. The van der Waals surface area contributed by atoms with Gasteiger partial charge in [0, 0.05) is 13.1 Å². The van der Waals surface area contributed by atoms with Gasteiger partial charge < -0.3 is 14.6 Å². The van der Waals surface area contributed by atoms with E-state index in [1.165, 1.54) is 0 Å². The van der Waals surface area contributed by atoms with Gasteiger partial charge in [-0.15, -0.1) is 0 Å². The van der Waals surface area contributed by atoms with Gasteiger partial charge in [0.2, 0.25) is 0 Å². The maximum Gasteiger partial charge on any atom is 0.304 e. The van der Waals surface area contributed by atoms with Crippen LogP contribution < -0.4 is 0 Å². The van der Waals surface area contributed by atoms with Crippen molar-refractivity contribution in [3.8, 4) is 0 Å². The summed E-state index contributed by atoms with van der Waals surface area (Å²) in [6.07, 6.45) is 1.64. The van der Waals surface area contributed by atoms with Gasteiger partial charge in [-0.3, -0.25) is 9.69 Å². The van der Waals surface area contributed by atoms with Crippen LogP contribution in [0, 0.1) is 0 Å². The monoisotopic (exact) mass is 213 g/mol. The third-order valence-electron chi connectivity index (χ3n) is 2.02. The molecular formula is C10H15NO4. The van der Waals surface area contributed by atoms with Gasteiger partial charge in [0.25, 0.3) is 0 Å². The number of nitrogens with zero attached hydrogens (tertiary/aromatic N) is 1. The quantitative estimate of drug-likeness (QED) is 0.691. The molecule has 0 saturated carbocycles. The first-order chi connectivity index (χ1) is 7.22. The number of aliphatic hydroxyl groups excluding tert-OH is 1. The minimum Gasteiger partial charge on any atom is -0.481 e. The molecule has 0 aliphatic heterocycles. The molecule has 0 radical (unpaired) electrons. The van der Waals surface area contributed by atoms with Crippen LogP contribution in [0.25, 0.3) is 0 Å². The molecule has 1 rings (SSSR count). The van der Waals surface area contributed by atoms with Crippen LogP contribution in [0.2, 0.25) is 0 Å². The Bertz CT molecular complexity index is 284. The maximum absolute atomic E-state index is 10.4. The fourth-order valence-electron chi connectivity index (χ4n) is 1.29. The Morgan fingerprint density at radius 1 is 1.47 bits per heavy atom. The average Bonchev–Trinajstić information content (AvgIpc) is 2.67. The van der Waals surface area contributed by atoms with Crippen LogP contribution in [-0.4, -0.2) is 40.8 Å². The van der Waals surface area contributed by atoms with E-state index in [1.807, 2.05) is 11.0 Å². The summed E-state index contributed by atoms with van der Waals surface area (Å²) in [5, 5.41) is 17.4. The van der Waals surface area contributed by atoms with E-state index in [4.69, 9.17) is 14.6 Å². The van der Waals surface area contributed by atoms with E-state index in [2.05, 4.69) is 0 Å². The summed E-state index contributed by atoms with van der Waals surface area (Å²) in [5.74, 6) is -0.0637. The molecule has 84 valence electrons. The number of carboxylic acids is 1. The van der Waals surface area contributed by atoms with Gasteiger partial charge in [-0.25, -0.2) is 0 Å². The molecule has 1 aromatic heterocycles. The zero-order valence-corrected chi connectivity index (χ0v) is 8.43. The molecular weight excluding hydrogens is 198 g/mol. The van der Waals surface area contributed by atoms with Crippen LogP contribution in [-0.2, 0) is 11.3 Å². The van der Waals surface area contributed by atoms with Gasteiger partial charge in [0.05, 0.1) is 25.8 Å². The zero-order chi connectivity index (χ0) is 11.1. The summed E-state index contributed by atoms with van der Waals surface area (Å²) in [6, 6.07) is 3.61. The van der Waals surface area contributed by atoms with Crippen molar-refractivity contribution < 1.29 is 19.4 Å². The standard InChI is InChI=1S/C10H15NO4/c12-6-5-11(4-3-10(13)14)8-9-2-1-7-15-9/h1-2,7,12H,3-6,8H2,(H,13,14). The van der Waals surface area contributed by atoms with E-state index < -0.39 is 5.97 Å². The van der Waals surface area contributed by atoms with Crippen LogP contribution in [0.5, 0.6) is 0 Å². The number of hydrogen-bond donors (Lipinski definition) is 2. The molecule has 0 fully saturated rings. The molecule has 0 aliphatic rings. The Morgan fingerprint density at radius 3 is 2.80 bits per heavy atom. The van der Waals surface area contributed by atoms with Crippen molar-refractivity contribution in [3.05, 3.63) is 24.2 Å². The molecule has 1 aromatic rings. The summed E-state index contributed by atoms with van der Waals surface area (Å²) in [6.45, 7) is 1.41. The van der Waals surface area contributed by atoms with Crippen LogP contribution in [0.3, 0.4) is 0 Å². The van der Waals surface area contributed by atoms with Gasteiger partial charge in [0.1, 0.15) is 5.76 Å². The van der Waals surface area contributed by atoms with Crippen molar-refractivity contribution in [2.24, 2.45) is 0 Å². The number of rotatable bonds is 7. The first-order valence-corrected chi connectivity index (χ1v) is 4.79. The van der Waals surface area contributed by atoms with Crippen LogP contribution in [0.15, 0.2) is 22.8 Å². The fraction of sp³-hybridized carbons (Fsp3) is 0.500. The lowest BCUT2D eigenvalue weighted by Gasteiger charge is -2.18. The number of aliphatic carboxylic acids is 1. The van der Waals surface area contributed by atoms with Gasteiger partial charge in [0.15, 0.2) is 0 Å². The third kappa shape index (κ3) is 4.62. The van der Waals surface area contributed by atoms with E-state index in [0.717, 1.165) is 5.76 Å². The average molecular weight is 213 g/mol. The van der Waals surface area contributed by atoms with Crippen molar-refractivity contribution in [1.29, 1.82) is 0 Å². The minimum absolute atomic E-state index is 0.0142. The molecule has 0 aromatic carbocycles. The largest absolute Gasteiger partial charge is 0.481 e. The van der Waals surface area contributed by atoms with Gasteiger partial charge in [-0.05, 0) is 12.1 Å². The SMILES string of the molecule is O=C(O)CCN(CCO)Cc1ccco1. The zero-order valence-electron chi connectivity index (χ0n) is 8.43. The summed E-state index contributed by atoms with van der Waals surface area (Å²) < 4.78 is 5.15. The molecule has 0 aliphatic carbocycles. The van der Waals surface area contributed by atoms with E-state index in [-0.39, 0.29) is 13.0 Å². The molecule has 15 heavy (non-hydrogen) atoms. The van der Waals surface area contributed by atoms with Crippen molar-refractivity contribution in [3.63, 3.8) is 0 Å². The number of aliphatic hydroxyl groups is 1. The molecule has 5 nitrogen and oxygen atoms in total. The summed E-state index contributed by atoms with van der Waals surface area (Å²) in [7, 11) is 0. The Balaban J connectivity index is 2.39. The van der Waals surface area contributed by atoms with Crippen LogP contribution >= 0.6 is 0 Å². The Hall–Kier alpha value is -1.33. The molecule has 0 amide bonds. The molecule has 0 atom stereocenters. The van der Waals surface area contributed by atoms with E-state index >= 15 is 0 Å². The first-order valence-electron chi connectivity index (χ1n) is 4.79. The Morgan fingerprint density at radius 2 is 2.27 bits per heavy atom. The summed E-state index contributed by atoms with van der Waals surface area (Å²) in [4.78, 5) is 12.2. The second kappa shape index (κ2) is 6.21. The minimum atomic E-state index is -0.836. The highest BCUT2D eigenvalue weighted by molar-refractivity contribution is 5.66. The molecule has 2 N–H and O–H groups in total. The lowest BCUT2D eigenvalue weighted by atomic mass is 10.3. The van der Waals surface area contributed by atoms with Crippen molar-refractivity contribution in [2.45, 2.75) is 13.0 Å². The molecule has 1 heterocycles. The first kappa shape index (κ1) is 11.7. The predicted molar refractivity (Wildman–Crippen MR) is 53.3 cm³/mol. The Labute approximate surface area is 87.9 Å². The lowest BCUT2D eigenvalue weighted by molar-refractivity contribution is -0.137. The number of furan rings is 1. The molecule has 0 unspecified atom stereocenters. The molecule has 0 bridgehead atoms. The van der Waals surface area contributed by atoms with Crippen molar-refractivity contribution >= 4 is 5.97 Å². The van der Waals surface area contributed by atoms with Gasteiger partial charge >= 0.3 is 5.97 Å². The smallest absolute Gasteiger partial charge is 0.304 e. The van der Waals surface area contributed by atoms with E-state index in [1.54, 1.807) is 12.3 Å². The number of carbonyl (C=O) groups is 1. The fourth-order valence-corrected chi connectivity index (χ4v) is 1.29.